The quantitative estimate of drug-likeness (QED) is 0.524. The van der Waals surface area contributed by atoms with Crippen LogP contribution in [-0.2, 0) is 4.79 Å². The lowest BCUT2D eigenvalue weighted by Gasteiger charge is -2.30. The summed E-state index contributed by atoms with van der Waals surface area (Å²) in [6.45, 7) is 8.44. The third-order valence-electron chi connectivity index (χ3n) is 6.71. The highest BCUT2D eigenvalue weighted by molar-refractivity contribution is 7.59. The summed E-state index contributed by atoms with van der Waals surface area (Å²) in [7, 11) is 0. The monoisotopic (exact) mass is 497 g/mol. The van der Waals surface area contributed by atoms with Gasteiger partial charge < -0.3 is 9.88 Å². The molecule has 3 aromatic rings. The Hall–Kier alpha value is -0.960. The maximum absolute atomic E-state index is 13.2. The first-order chi connectivity index (χ1) is 12.9. The maximum Gasteiger partial charge on any atom is 0.226 e. The van der Waals surface area contributed by atoms with Gasteiger partial charge in [-0.3, -0.25) is 4.79 Å². The number of carbonyl (C=O) groups excluding carboxylic acids is 1. The molecule has 1 aliphatic heterocycles. The Balaban J connectivity index is 0.00000120. The molecular weight excluding hydrogens is 463 g/mol. The van der Waals surface area contributed by atoms with E-state index in [1.165, 1.54) is 16.3 Å². The van der Waals surface area contributed by atoms with Crippen molar-refractivity contribution >= 4 is 81.7 Å². The number of imidazole rings is 1. The molecule has 1 N–H and O–H groups in total. The van der Waals surface area contributed by atoms with E-state index in [9.17, 15) is 4.79 Å². The summed E-state index contributed by atoms with van der Waals surface area (Å²) < 4.78 is 0. The zero-order chi connectivity index (χ0) is 18.9. The number of aromatic amines is 1. The average molecular weight is 498 g/mol. The molecule has 2 aliphatic rings. The topological polar surface area (TPSA) is 49.0 Å². The molecule has 1 aliphatic carbocycles. The lowest BCUT2D eigenvalue weighted by Crippen LogP contribution is -2.39. The van der Waals surface area contributed by atoms with Gasteiger partial charge in [-0.1, -0.05) is 50.6 Å². The summed E-state index contributed by atoms with van der Waals surface area (Å²) in [6, 6.07) is 11.3. The first kappa shape index (κ1) is 28.1. The van der Waals surface area contributed by atoms with Gasteiger partial charge in [0.2, 0.25) is 5.91 Å². The molecule has 1 amide bonds. The van der Waals surface area contributed by atoms with Gasteiger partial charge in [-0.2, -0.15) is 54.0 Å². The van der Waals surface area contributed by atoms with Crippen LogP contribution in [0.5, 0.6) is 0 Å². The molecule has 4 nitrogen and oxygen atoms in total. The Morgan fingerprint density at radius 2 is 1.77 bits per heavy atom. The number of aryl methyl sites for hydroxylation is 1. The molecule has 5 rings (SSSR count). The number of amides is 1. The highest BCUT2D eigenvalue weighted by atomic mass is 32.1. The molecule has 0 spiro atoms. The summed E-state index contributed by atoms with van der Waals surface area (Å²) in [5.41, 5.74) is 3.34. The molecule has 1 aromatic heterocycles. The van der Waals surface area contributed by atoms with E-state index < -0.39 is 0 Å². The van der Waals surface area contributed by atoms with Crippen molar-refractivity contribution < 1.29 is 4.79 Å². The molecular formula is C23H35N3OS4. The van der Waals surface area contributed by atoms with Gasteiger partial charge in [0.1, 0.15) is 5.82 Å². The van der Waals surface area contributed by atoms with E-state index in [0.29, 0.717) is 23.8 Å². The van der Waals surface area contributed by atoms with E-state index in [0.717, 1.165) is 29.7 Å². The molecule has 1 saturated carbocycles. The van der Waals surface area contributed by atoms with Crippen LogP contribution >= 0.6 is 54.0 Å². The number of aromatic nitrogens is 2. The van der Waals surface area contributed by atoms with Gasteiger partial charge in [0.15, 0.2) is 0 Å². The number of likely N-dealkylation sites (tertiary alicyclic amines) is 1. The number of nitrogens with one attached hydrogen (secondary N) is 1. The van der Waals surface area contributed by atoms with Crippen LogP contribution in [0.4, 0.5) is 0 Å². The van der Waals surface area contributed by atoms with E-state index >= 15 is 0 Å². The molecule has 31 heavy (non-hydrogen) atoms. The summed E-state index contributed by atoms with van der Waals surface area (Å²) in [5.74, 6) is 2.32. The van der Waals surface area contributed by atoms with Crippen LogP contribution in [0, 0.1) is 24.7 Å². The minimum absolute atomic E-state index is 0. The van der Waals surface area contributed by atoms with Gasteiger partial charge in [-0.25, -0.2) is 4.98 Å². The Bertz CT molecular complexity index is 1070. The van der Waals surface area contributed by atoms with Crippen molar-refractivity contribution in [1.82, 2.24) is 14.9 Å². The van der Waals surface area contributed by atoms with Crippen LogP contribution in [0.3, 0.4) is 0 Å². The lowest BCUT2D eigenvalue weighted by atomic mass is 9.96. The van der Waals surface area contributed by atoms with Crippen LogP contribution in [0.15, 0.2) is 30.3 Å². The lowest BCUT2D eigenvalue weighted by molar-refractivity contribution is -0.138. The van der Waals surface area contributed by atoms with E-state index in [-0.39, 0.29) is 65.9 Å². The number of carbonyl (C=O) groups is 1. The Morgan fingerprint density at radius 1 is 1.06 bits per heavy atom. The van der Waals surface area contributed by atoms with Gasteiger partial charge in [-0.15, -0.1) is 0 Å². The smallest absolute Gasteiger partial charge is 0.226 e. The van der Waals surface area contributed by atoms with Gasteiger partial charge in [0.05, 0.1) is 17.1 Å². The predicted octanol–water partition coefficient (Wildman–Crippen LogP) is 5.43. The fourth-order valence-corrected chi connectivity index (χ4v) is 4.64. The van der Waals surface area contributed by atoms with Crippen molar-refractivity contribution in [2.75, 3.05) is 0 Å². The predicted molar refractivity (Wildman–Crippen MR) is 150 cm³/mol. The van der Waals surface area contributed by atoms with Crippen LogP contribution in [0.2, 0.25) is 0 Å². The van der Waals surface area contributed by atoms with Gasteiger partial charge in [0, 0.05) is 17.3 Å². The van der Waals surface area contributed by atoms with Gasteiger partial charge >= 0.3 is 0 Å². The number of fused-ring (bicyclic) bond motifs is 4. The number of piperidine rings is 1. The van der Waals surface area contributed by atoms with Crippen LogP contribution in [0.1, 0.15) is 51.0 Å². The van der Waals surface area contributed by atoms with Gasteiger partial charge in [0.25, 0.3) is 0 Å². The van der Waals surface area contributed by atoms with Gasteiger partial charge in [-0.05, 0) is 43.1 Å². The van der Waals surface area contributed by atoms with Crippen molar-refractivity contribution in [3.63, 3.8) is 0 Å². The minimum Gasteiger partial charge on any atom is -0.340 e. The number of rotatable bonds is 3. The SMILES string of the molecule is Cc1ccc2c(ccc3[nH]c([C@@H]4C[C@@H]5C[C@@H]5N4C(=O)[C@@H](C)C(C)C)nc32)c1.S.S.S.S. The van der Waals surface area contributed by atoms with Crippen LogP contribution in [0.25, 0.3) is 21.8 Å². The minimum atomic E-state index is 0. The fraction of sp³-hybridized carbons (Fsp3) is 0.478. The van der Waals surface area contributed by atoms with E-state index in [4.69, 9.17) is 4.98 Å². The second-order valence-electron chi connectivity index (χ2n) is 8.90. The standard InChI is InChI=1S/C23H27N3O.4H2S/c1-12(2)14(4)23(27)26-19-10-16(19)11-20(26)22-24-18-8-6-15-9-13(3)5-7-17(15)21(18)25-22;;;;/h5-9,12,14,16,19-20H,10-11H2,1-4H3,(H,24,25);4*1H2/t14-,16-,19-,20-;;;;/m0..../s1. The van der Waals surface area contributed by atoms with E-state index in [1.807, 2.05) is 0 Å². The Morgan fingerprint density at radius 3 is 2.45 bits per heavy atom. The molecule has 0 unspecified atom stereocenters. The Kier molecular flexibility index (Phi) is 9.34. The zero-order valence-corrected chi connectivity index (χ0v) is 22.5. The molecule has 0 radical (unpaired) electrons. The molecule has 2 heterocycles. The molecule has 0 bridgehead atoms. The van der Waals surface area contributed by atoms with Crippen molar-refractivity contribution in [3.8, 4) is 0 Å². The average Bonchev–Trinajstić information content (AvgIpc) is 3.11. The van der Waals surface area contributed by atoms with Crippen molar-refractivity contribution in [2.24, 2.45) is 17.8 Å². The van der Waals surface area contributed by atoms with Crippen LogP contribution in [-0.4, -0.2) is 26.8 Å². The number of nitrogens with zero attached hydrogens (tertiary/aromatic N) is 2. The summed E-state index contributed by atoms with van der Waals surface area (Å²) in [5, 5.41) is 2.40. The first-order valence-electron chi connectivity index (χ1n) is 10.1. The molecule has 1 saturated heterocycles. The normalized spacial score (nSPS) is 22.1. The number of benzene rings is 2. The largest absolute Gasteiger partial charge is 0.340 e. The molecule has 172 valence electrons. The van der Waals surface area contributed by atoms with Crippen molar-refractivity contribution in [3.05, 3.63) is 41.7 Å². The molecule has 2 aromatic carbocycles. The van der Waals surface area contributed by atoms with Crippen LogP contribution < -0.4 is 0 Å². The van der Waals surface area contributed by atoms with E-state index in [2.05, 4.69) is 67.9 Å². The number of hydrogen-bond donors (Lipinski definition) is 1. The summed E-state index contributed by atoms with van der Waals surface area (Å²) in [4.78, 5) is 23.8. The fourth-order valence-electron chi connectivity index (χ4n) is 4.64. The molecule has 8 heteroatoms. The highest BCUT2D eigenvalue weighted by Gasteiger charge is 2.55. The van der Waals surface area contributed by atoms with Crippen molar-refractivity contribution in [1.29, 1.82) is 0 Å². The highest BCUT2D eigenvalue weighted by Crippen LogP contribution is 2.53. The second kappa shape index (κ2) is 10.3. The molecule has 4 atom stereocenters. The molecule has 2 fully saturated rings. The first-order valence-corrected chi connectivity index (χ1v) is 10.1. The number of hydrogen-bond acceptors (Lipinski definition) is 2. The third-order valence-corrected chi connectivity index (χ3v) is 6.71. The third kappa shape index (κ3) is 4.72. The summed E-state index contributed by atoms with van der Waals surface area (Å²) >= 11 is 0. The van der Waals surface area contributed by atoms with E-state index in [1.54, 1.807) is 0 Å². The zero-order valence-electron chi connectivity index (χ0n) is 18.5. The second-order valence-corrected chi connectivity index (χ2v) is 8.90. The van der Waals surface area contributed by atoms with Crippen molar-refractivity contribution in [2.45, 2.75) is 52.6 Å². The number of H-pyrrole nitrogens is 1. The maximum atomic E-state index is 13.2. The Labute approximate surface area is 212 Å². The summed E-state index contributed by atoms with van der Waals surface area (Å²) in [6.07, 6.45) is 2.20.